The van der Waals surface area contributed by atoms with Crippen LogP contribution in [0.1, 0.15) is 0 Å². The quantitative estimate of drug-likeness (QED) is 0.326. The zero-order valence-electron chi connectivity index (χ0n) is 13.0. The molecule has 0 saturated carbocycles. The van der Waals surface area contributed by atoms with Gasteiger partial charge in [-0.3, -0.25) is 0 Å². The summed E-state index contributed by atoms with van der Waals surface area (Å²) in [6.45, 7) is 0. The number of benzene rings is 2. The Morgan fingerprint density at radius 2 is 1.32 bits per heavy atom. The monoisotopic (exact) mass is 458 g/mol. The van der Waals surface area contributed by atoms with Crippen LogP contribution in [-0.2, 0) is 14.9 Å². The number of alkyl halides is 9. The predicted molar refractivity (Wildman–Crippen MR) is 80.2 cm³/mol. The Hall–Kier alpha value is -1.86. The van der Waals surface area contributed by atoms with E-state index in [1.54, 1.807) is 0 Å². The zero-order chi connectivity index (χ0) is 21.6. The molecule has 0 fully saturated rings. The van der Waals surface area contributed by atoms with Crippen molar-refractivity contribution in [3.63, 3.8) is 0 Å². The summed E-state index contributed by atoms with van der Waals surface area (Å²) in [4.78, 5) is 0. The van der Waals surface area contributed by atoms with Crippen molar-refractivity contribution in [1.82, 2.24) is 0 Å². The molecule has 0 aliphatic heterocycles. The van der Waals surface area contributed by atoms with Gasteiger partial charge >= 0.3 is 33.0 Å². The van der Waals surface area contributed by atoms with E-state index in [-0.39, 0.29) is 10.8 Å². The Kier molecular flexibility index (Phi) is 5.51. The van der Waals surface area contributed by atoms with Gasteiger partial charge in [0.05, 0.1) is 0 Å². The van der Waals surface area contributed by atoms with Crippen LogP contribution in [0.5, 0.6) is 5.75 Å². The van der Waals surface area contributed by atoms with Crippen LogP contribution in [0.4, 0.5) is 35.1 Å². The Morgan fingerprint density at radius 3 is 1.89 bits per heavy atom. The van der Waals surface area contributed by atoms with Crippen LogP contribution < -0.4 is 4.18 Å². The molecule has 14 heteroatoms. The Balaban J connectivity index is 2.42. The highest BCUT2D eigenvalue weighted by atomic mass is 35.5. The number of hydrogen-bond donors (Lipinski definition) is 0. The normalized spacial score (nSPS) is 14.3. The van der Waals surface area contributed by atoms with Crippen molar-refractivity contribution in [3.05, 3.63) is 42.5 Å². The third kappa shape index (κ3) is 3.96. The number of rotatable bonds is 7. The third-order valence-electron chi connectivity index (χ3n) is 3.19. The highest BCUT2D eigenvalue weighted by molar-refractivity contribution is 7.88. The van der Waals surface area contributed by atoms with Crippen molar-refractivity contribution in [2.75, 3.05) is 0 Å². The van der Waals surface area contributed by atoms with E-state index in [4.69, 9.17) is 0 Å². The van der Waals surface area contributed by atoms with Crippen LogP contribution >= 0.6 is 11.6 Å². The summed E-state index contributed by atoms with van der Waals surface area (Å²) in [6, 6.07) is 8.74. The van der Waals surface area contributed by atoms with Crippen LogP contribution in [0.3, 0.4) is 0 Å². The molecule has 0 saturated heterocycles. The first kappa shape index (κ1) is 22.4. The minimum atomic E-state index is -6.71. The molecule has 28 heavy (non-hydrogen) atoms. The lowest BCUT2D eigenvalue weighted by Crippen LogP contribution is -2.55. The molecule has 0 aromatic heterocycles. The molecule has 0 aliphatic rings. The molecular weight excluding hydrogens is 452 g/mol. The van der Waals surface area contributed by atoms with E-state index in [0.29, 0.717) is 0 Å². The topological polar surface area (TPSA) is 52.6 Å². The average molecular weight is 459 g/mol. The van der Waals surface area contributed by atoms with E-state index in [9.17, 15) is 43.5 Å². The molecule has 0 spiro atoms. The van der Waals surface area contributed by atoms with Crippen molar-refractivity contribution in [1.29, 1.82) is 0 Å². The first-order chi connectivity index (χ1) is 12.5. The van der Waals surface area contributed by atoms with Gasteiger partial charge in [0.25, 0.3) is 0 Å². The lowest BCUT2D eigenvalue weighted by molar-refractivity contribution is -0.443. The van der Waals surface area contributed by atoms with Gasteiger partial charge in [-0.05, 0) is 23.1 Å². The smallest absolute Gasteiger partial charge is 0.377 e. The largest absolute Gasteiger partial charge is 0.471 e. The molecule has 0 atom stereocenters. The lowest BCUT2D eigenvalue weighted by Gasteiger charge is -2.29. The van der Waals surface area contributed by atoms with Crippen molar-refractivity contribution < 1.29 is 52.5 Å². The van der Waals surface area contributed by atoms with Gasteiger partial charge in [-0.25, -0.2) is 4.74 Å². The number of hydrogen-bond acceptors (Lipinski definition) is 4. The van der Waals surface area contributed by atoms with Crippen LogP contribution in [0.15, 0.2) is 42.5 Å². The summed E-state index contributed by atoms with van der Waals surface area (Å²) >= 11 is 3.82. The van der Waals surface area contributed by atoms with Crippen LogP contribution in [0, 0.1) is 0 Å². The molecule has 2 aromatic carbocycles. The van der Waals surface area contributed by atoms with Crippen molar-refractivity contribution in [3.8, 4) is 5.75 Å². The Labute approximate surface area is 156 Å². The third-order valence-corrected chi connectivity index (χ3v) is 4.67. The molecule has 2 aromatic rings. The molecule has 156 valence electrons. The maximum absolute atomic E-state index is 13.8. The standard InChI is InChI=1S/C14H7ClF8O4S/c15-11(16,17)12(18,19)27-13(20,21)14(22,23)28(24,25)26-10-7-3-5-8-4-1-2-6-9(8)10/h1-7H. The summed E-state index contributed by atoms with van der Waals surface area (Å²) in [6.07, 6.45) is -13.0. The van der Waals surface area contributed by atoms with Crippen molar-refractivity contribution in [2.24, 2.45) is 0 Å². The van der Waals surface area contributed by atoms with Crippen LogP contribution in [0.25, 0.3) is 10.8 Å². The first-order valence-electron chi connectivity index (χ1n) is 6.84. The summed E-state index contributed by atoms with van der Waals surface area (Å²) < 4.78 is 134. The molecule has 0 bridgehead atoms. The van der Waals surface area contributed by atoms with Gasteiger partial charge in [0.15, 0.2) is 5.75 Å². The van der Waals surface area contributed by atoms with Gasteiger partial charge in [0.2, 0.25) is 0 Å². The van der Waals surface area contributed by atoms with Gasteiger partial charge in [-0.2, -0.15) is 43.5 Å². The van der Waals surface area contributed by atoms with E-state index in [1.807, 2.05) is 0 Å². The van der Waals surface area contributed by atoms with Gasteiger partial charge in [-0.15, -0.1) is 0 Å². The Morgan fingerprint density at radius 1 is 0.786 bits per heavy atom. The van der Waals surface area contributed by atoms with Crippen molar-refractivity contribution >= 4 is 32.5 Å². The maximum atomic E-state index is 13.8. The molecule has 0 heterocycles. The summed E-state index contributed by atoms with van der Waals surface area (Å²) in [5, 5.41) is -12.2. The fraction of sp³-hybridized carbons (Fsp3) is 0.286. The molecule has 0 unspecified atom stereocenters. The summed E-state index contributed by atoms with van der Waals surface area (Å²) in [5.74, 6) is -0.844. The molecule has 0 amide bonds. The maximum Gasteiger partial charge on any atom is 0.471 e. The lowest BCUT2D eigenvalue weighted by atomic mass is 10.1. The summed E-state index contributed by atoms with van der Waals surface area (Å²) in [7, 11) is -6.71. The average Bonchev–Trinajstić information content (AvgIpc) is 2.52. The van der Waals surface area contributed by atoms with E-state index in [1.165, 1.54) is 30.3 Å². The molecule has 4 nitrogen and oxygen atoms in total. The van der Waals surface area contributed by atoms with Crippen LogP contribution in [0.2, 0.25) is 0 Å². The second kappa shape index (κ2) is 6.88. The second-order valence-corrected chi connectivity index (χ2v) is 7.23. The minimum absolute atomic E-state index is 0.105. The molecule has 0 N–H and O–H groups in total. The highest BCUT2D eigenvalue weighted by Crippen LogP contribution is 2.48. The van der Waals surface area contributed by atoms with E-state index in [0.717, 1.165) is 12.1 Å². The SMILES string of the molecule is O=S(=O)(Oc1cccc2ccccc12)C(F)(F)C(F)(F)OC(F)(F)C(F)(F)Cl. The van der Waals surface area contributed by atoms with E-state index in [2.05, 4.69) is 20.5 Å². The fourth-order valence-electron chi connectivity index (χ4n) is 1.86. The minimum Gasteiger partial charge on any atom is -0.377 e. The molecule has 2 rings (SSSR count). The van der Waals surface area contributed by atoms with Crippen molar-refractivity contribution in [2.45, 2.75) is 22.9 Å². The number of fused-ring (bicyclic) bond motifs is 1. The van der Waals surface area contributed by atoms with Gasteiger partial charge in [-0.1, -0.05) is 36.4 Å². The first-order valence-corrected chi connectivity index (χ1v) is 8.62. The van der Waals surface area contributed by atoms with Gasteiger partial charge in [0, 0.05) is 5.39 Å². The highest BCUT2D eigenvalue weighted by Gasteiger charge is 2.75. The molecule has 0 radical (unpaired) electrons. The second-order valence-electron chi connectivity index (χ2n) is 5.16. The van der Waals surface area contributed by atoms with E-state index >= 15 is 0 Å². The zero-order valence-corrected chi connectivity index (χ0v) is 14.6. The summed E-state index contributed by atoms with van der Waals surface area (Å²) in [5.41, 5.74) is 0. The van der Waals surface area contributed by atoms with E-state index < -0.39 is 38.7 Å². The van der Waals surface area contributed by atoms with Gasteiger partial charge < -0.3 is 4.18 Å². The Bertz CT molecular complexity index is 969. The molecule has 0 aliphatic carbocycles. The van der Waals surface area contributed by atoms with Crippen LogP contribution in [-0.4, -0.2) is 31.3 Å². The van der Waals surface area contributed by atoms with Gasteiger partial charge in [0.1, 0.15) is 0 Å². The predicted octanol–water partition coefficient (Wildman–Crippen LogP) is 5.18. The molecular formula is C14H7ClF8O4S. The number of ether oxygens (including phenoxy) is 1. The number of halogens is 9. The fourth-order valence-corrected chi connectivity index (χ4v) is 2.72.